The van der Waals surface area contributed by atoms with Gasteiger partial charge in [0.15, 0.2) is 0 Å². The quantitative estimate of drug-likeness (QED) is 0.786. The molecular weight excluding hydrogens is 394 g/mol. The van der Waals surface area contributed by atoms with Crippen molar-refractivity contribution < 1.29 is 35.9 Å². The molecule has 28 heavy (non-hydrogen) atoms. The second-order valence-electron chi connectivity index (χ2n) is 6.30. The second-order valence-corrected chi connectivity index (χ2v) is 6.30. The minimum absolute atomic E-state index is 0.139. The highest BCUT2D eigenvalue weighted by Gasteiger charge is 2.49. The van der Waals surface area contributed by atoms with Crippen LogP contribution in [0.1, 0.15) is 6.92 Å². The Labute approximate surface area is 154 Å². The van der Waals surface area contributed by atoms with Crippen LogP contribution < -0.4 is 10.1 Å². The topological polar surface area (TPSA) is 67.4 Å². The molecule has 1 aliphatic rings. The summed E-state index contributed by atoms with van der Waals surface area (Å²) in [4.78, 5) is 21.2. The van der Waals surface area contributed by atoms with Gasteiger partial charge in [-0.2, -0.15) is 13.2 Å². The van der Waals surface area contributed by atoms with E-state index in [4.69, 9.17) is 0 Å². The number of carbonyl (C=O) groups is 1. The monoisotopic (exact) mass is 408 g/mol. The van der Waals surface area contributed by atoms with Gasteiger partial charge < -0.3 is 15.0 Å². The third-order valence-electron chi connectivity index (χ3n) is 4.22. The van der Waals surface area contributed by atoms with Gasteiger partial charge in [0, 0.05) is 24.5 Å². The van der Waals surface area contributed by atoms with Gasteiger partial charge in [-0.1, -0.05) is 0 Å². The van der Waals surface area contributed by atoms with E-state index < -0.39 is 49.2 Å². The summed E-state index contributed by atoms with van der Waals surface area (Å²) >= 11 is 0. The van der Waals surface area contributed by atoms with E-state index >= 15 is 0 Å². The summed E-state index contributed by atoms with van der Waals surface area (Å²) in [6.07, 6.45) is -8.11. The van der Waals surface area contributed by atoms with E-state index in [0.717, 1.165) is 23.4 Å². The highest BCUT2D eigenvalue weighted by molar-refractivity contribution is 5.92. The lowest BCUT2D eigenvalue weighted by molar-refractivity contribution is -0.274. The van der Waals surface area contributed by atoms with E-state index in [1.54, 1.807) is 0 Å². The van der Waals surface area contributed by atoms with Gasteiger partial charge >= 0.3 is 12.5 Å². The number of rotatable bonds is 4. The summed E-state index contributed by atoms with van der Waals surface area (Å²) in [7, 11) is 0. The summed E-state index contributed by atoms with van der Waals surface area (Å²) in [5.74, 6) is -2.37. The number of fused-ring (bicyclic) bond motifs is 1. The van der Waals surface area contributed by atoms with Crippen LogP contribution in [0.25, 0.3) is 10.9 Å². The predicted octanol–water partition coefficient (Wildman–Crippen LogP) is 3.35. The molecule has 0 unspecified atom stereocenters. The molecule has 1 fully saturated rings. The number of anilines is 1. The number of nitrogens with one attached hydrogen (secondary N) is 1. The van der Waals surface area contributed by atoms with Gasteiger partial charge in [0.2, 0.25) is 5.91 Å². The molecule has 0 radical (unpaired) electrons. The Kier molecular flexibility index (Phi) is 4.98. The minimum Gasteiger partial charge on any atom is -0.406 e. The van der Waals surface area contributed by atoms with Crippen molar-refractivity contribution in [3.8, 4) is 5.75 Å². The Morgan fingerprint density at radius 3 is 2.50 bits per heavy atom. The Balaban J connectivity index is 1.71. The molecular formula is C16H14F6N4O2. The lowest BCUT2D eigenvalue weighted by atomic mass is 9.98. The predicted molar refractivity (Wildman–Crippen MR) is 85.4 cm³/mol. The van der Waals surface area contributed by atoms with Crippen LogP contribution in [0.15, 0.2) is 24.5 Å². The largest absolute Gasteiger partial charge is 0.573 e. The van der Waals surface area contributed by atoms with Crippen molar-refractivity contribution in [3.05, 3.63) is 24.5 Å². The summed E-state index contributed by atoms with van der Waals surface area (Å²) < 4.78 is 78.4. The number of ether oxygens (including phenoxy) is 1. The smallest absolute Gasteiger partial charge is 0.406 e. The first-order chi connectivity index (χ1) is 12.9. The maximum absolute atomic E-state index is 12.5. The molecule has 1 aromatic carbocycles. The minimum atomic E-state index is -4.85. The van der Waals surface area contributed by atoms with Gasteiger partial charge in [-0.15, -0.1) is 13.2 Å². The molecule has 0 aliphatic carbocycles. The Bertz CT molecular complexity index is 880. The van der Waals surface area contributed by atoms with Gasteiger partial charge in [-0.05, 0) is 19.1 Å². The molecule has 1 aromatic heterocycles. The van der Waals surface area contributed by atoms with E-state index in [-0.39, 0.29) is 11.3 Å². The van der Waals surface area contributed by atoms with Crippen LogP contribution in [0.5, 0.6) is 5.75 Å². The zero-order valence-corrected chi connectivity index (χ0v) is 14.3. The van der Waals surface area contributed by atoms with E-state index in [9.17, 15) is 31.1 Å². The SMILES string of the molecule is C[C@@H](Nc1ncnc2cc(OC(F)(F)F)ccc12)C(=O)N1CC(C(F)(F)F)C1. The molecule has 0 spiro atoms. The van der Waals surface area contributed by atoms with Crippen LogP contribution in [0.3, 0.4) is 0 Å². The van der Waals surface area contributed by atoms with Gasteiger partial charge in [0.25, 0.3) is 0 Å². The highest BCUT2D eigenvalue weighted by Crippen LogP contribution is 2.34. The van der Waals surface area contributed by atoms with Gasteiger partial charge in [0.1, 0.15) is 23.9 Å². The molecule has 1 atom stereocenters. The van der Waals surface area contributed by atoms with E-state index in [2.05, 4.69) is 20.0 Å². The summed E-state index contributed by atoms with van der Waals surface area (Å²) in [5, 5.41) is 3.10. The van der Waals surface area contributed by atoms with Gasteiger partial charge in [0.05, 0.1) is 11.4 Å². The molecule has 0 bridgehead atoms. The fourth-order valence-electron chi connectivity index (χ4n) is 2.76. The third kappa shape index (κ3) is 4.37. The molecule has 1 amide bonds. The maximum atomic E-state index is 12.5. The third-order valence-corrected chi connectivity index (χ3v) is 4.22. The van der Waals surface area contributed by atoms with Crippen molar-refractivity contribution in [1.82, 2.24) is 14.9 Å². The number of alkyl halides is 6. The second kappa shape index (κ2) is 6.99. The highest BCUT2D eigenvalue weighted by atomic mass is 19.4. The number of likely N-dealkylation sites (tertiary alicyclic amines) is 1. The number of benzene rings is 1. The van der Waals surface area contributed by atoms with E-state index in [1.807, 2.05) is 0 Å². The van der Waals surface area contributed by atoms with Crippen molar-refractivity contribution in [2.45, 2.75) is 25.5 Å². The molecule has 152 valence electrons. The Morgan fingerprint density at radius 1 is 1.21 bits per heavy atom. The Morgan fingerprint density at radius 2 is 1.89 bits per heavy atom. The zero-order chi connectivity index (χ0) is 20.7. The van der Waals surface area contributed by atoms with Crippen LogP contribution in [0.4, 0.5) is 32.2 Å². The average Bonchev–Trinajstić information content (AvgIpc) is 2.50. The number of hydrogen-bond acceptors (Lipinski definition) is 5. The van der Waals surface area contributed by atoms with Crippen LogP contribution in [0.2, 0.25) is 0 Å². The molecule has 1 N–H and O–H groups in total. The van der Waals surface area contributed by atoms with Crippen LogP contribution >= 0.6 is 0 Å². The number of halogens is 6. The maximum Gasteiger partial charge on any atom is 0.573 e. The molecule has 6 nitrogen and oxygen atoms in total. The number of nitrogens with zero attached hydrogens (tertiary/aromatic N) is 3. The summed E-state index contributed by atoms with van der Waals surface area (Å²) in [5.41, 5.74) is 0.139. The summed E-state index contributed by atoms with van der Waals surface area (Å²) in [6, 6.07) is 2.53. The number of hydrogen-bond donors (Lipinski definition) is 1. The molecule has 0 saturated carbocycles. The normalized spacial score (nSPS) is 16.6. The Hall–Kier alpha value is -2.79. The molecule has 2 heterocycles. The van der Waals surface area contributed by atoms with Crippen molar-refractivity contribution in [2.75, 3.05) is 18.4 Å². The fourth-order valence-corrected chi connectivity index (χ4v) is 2.76. The number of aromatic nitrogens is 2. The standard InChI is InChI=1S/C16H14F6N4O2/c1-8(14(27)26-5-9(6-26)15(17,18)19)25-13-11-3-2-10(28-16(20,21)22)4-12(11)23-7-24-13/h2-4,7-9H,5-6H2,1H3,(H,23,24,25)/t8-/m1/s1. The van der Waals surface area contributed by atoms with Gasteiger partial charge in [-0.3, -0.25) is 4.79 Å². The molecule has 3 rings (SSSR count). The van der Waals surface area contributed by atoms with Crippen LogP contribution in [0, 0.1) is 5.92 Å². The van der Waals surface area contributed by atoms with Gasteiger partial charge in [-0.25, -0.2) is 9.97 Å². The lowest BCUT2D eigenvalue weighted by Gasteiger charge is -2.41. The molecule has 1 saturated heterocycles. The number of amides is 1. The van der Waals surface area contributed by atoms with Crippen LogP contribution in [-0.2, 0) is 4.79 Å². The van der Waals surface area contributed by atoms with Crippen molar-refractivity contribution >= 4 is 22.6 Å². The number of carbonyl (C=O) groups excluding carboxylic acids is 1. The first-order valence-electron chi connectivity index (χ1n) is 8.06. The van der Waals surface area contributed by atoms with Crippen LogP contribution in [-0.4, -0.2) is 52.4 Å². The first-order valence-corrected chi connectivity index (χ1v) is 8.06. The van der Waals surface area contributed by atoms with Crippen molar-refractivity contribution in [2.24, 2.45) is 5.92 Å². The lowest BCUT2D eigenvalue weighted by Crippen LogP contribution is -2.58. The van der Waals surface area contributed by atoms with Crippen molar-refractivity contribution in [3.63, 3.8) is 0 Å². The summed E-state index contributed by atoms with van der Waals surface area (Å²) in [6.45, 7) is 0.645. The van der Waals surface area contributed by atoms with E-state index in [0.29, 0.717) is 5.39 Å². The first kappa shape index (κ1) is 20.0. The average molecular weight is 408 g/mol. The van der Waals surface area contributed by atoms with Crippen molar-refractivity contribution in [1.29, 1.82) is 0 Å². The molecule has 12 heteroatoms. The fraction of sp³-hybridized carbons (Fsp3) is 0.438. The molecule has 1 aliphatic heterocycles. The zero-order valence-electron chi connectivity index (χ0n) is 14.3. The molecule has 2 aromatic rings. The van der Waals surface area contributed by atoms with E-state index in [1.165, 1.54) is 13.0 Å².